The zero-order chi connectivity index (χ0) is 19.1. The van der Waals surface area contributed by atoms with Crippen LogP contribution in [0.4, 0.5) is 0 Å². The van der Waals surface area contributed by atoms with Gasteiger partial charge in [0.15, 0.2) is 6.61 Å². The van der Waals surface area contributed by atoms with Gasteiger partial charge in [0.2, 0.25) is 0 Å². The molecule has 0 radical (unpaired) electrons. The highest BCUT2D eigenvalue weighted by molar-refractivity contribution is 7.13. The maximum Gasteiger partial charge on any atom is 0.280 e. The van der Waals surface area contributed by atoms with Crippen LogP contribution < -0.4 is 5.43 Å². The molecular weight excluding hydrogens is 348 g/mol. The second-order valence-corrected chi connectivity index (χ2v) is 9.39. The van der Waals surface area contributed by atoms with E-state index in [-0.39, 0.29) is 23.3 Å². The number of thiazole rings is 1. The largest absolute Gasteiger partial charge is 0.385 e. The maximum absolute atomic E-state index is 12.0. The van der Waals surface area contributed by atoms with E-state index in [0.717, 1.165) is 39.8 Å². The van der Waals surface area contributed by atoms with Crippen molar-refractivity contribution in [3.8, 4) is 0 Å². The van der Waals surface area contributed by atoms with Gasteiger partial charge in [0.25, 0.3) is 5.91 Å². The number of aromatic nitrogens is 1. The van der Waals surface area contributed by atoms with Crippen molar-refractivity contribution in [1.82, 2.24) is 10.4 Å². The lowest BCUT2D eigenvalue weighted by atomic mass is 9.70. The lowest BCUT2D eigenvalue weighted by Crippen LogP contribution is -2.34. The number of nitrogens with zero attached hydrogens (tertiary/aromatic N) is 3. The quantitative estimate of drug-likeness (QED) is 0.627. The number of hydrazone groups is 1. The second-order valence-electron chi connectivity index (χ2n) is 8.18. The molecule has 1 N–H and O–H groups in total. The molecule has 0 saturated heterocycles. The van der Waals surface area contributed by atoms with Crippen LogP contribution in [0.2, 0.25) is 0 Å². The fourth-order valence-corrected chi connectivity index (χ4v) is 5.21. The Morgan fingerprint density at radius 3 is 2.65 bits per heavy atom. The number of fused-ring (bicyclic) bond motifs is 2. The minimum Gasteiger partial charge on any atom is -0.385 e. The summed E-state index contributed by atoms with van der Waals surface area (Å²) in [4.78, 5) is 22.6. The average Bonchev–Trinajstić information content (AvgIpc) is 3.08. The molecule has 1 heterocycles. The molecule has 6 nitrogen and oxygen atoms in total. The molecule has 1 aromatic heterocycles. The summed E-state index contributed by atoms with van der Waals surface area (Å²) in [6.45, 7) is 12.5. The third kappa shape index (κ3) is 3.17. The van der Waals surface area contributed by atoms with Crippen LogP contribution in [0.1, 0.15) is 62.5 Å². The summed E-state index contributed by atoms with van der Waals surface area (Å²) < 4.78 is 0. The smallest absolute Gasteiger partial charge is 0.280 e. The Balaban J connectivity index is 1.54. The zero-order valence-electron chi connectivity index (χ0n) is 16.5. The predicted octanol–water partition coefficient (Wildman–Crippen LogP) is 3.82. The Labute approximate surface area is 159 Å². The van der Waals surface area contributed by atoms with Crippen LogP contribution in [0.5, 0.6) is 0 Å². The lowest BCUT2D eigenvalue weighted by molar-refractivity contribution is -0.125. The van der Waals surface area contributed by atoms with Gasteiger partial charge in [-0.2, -0.15) is 5.10 Å². The Kier molecular flexibility index (Phi) is 4.94. The fraction of sp³-hybridized carbons (Fsp3) is 0.684. The number of hydrogen-bond acceptors (Lipinski definition) is 6. The predicted molar refractivity (Wildman–Crippen MR) is 105 cm³/mol. The van der Waals surface area contributed by atoms with E-state index in [0.29, 0.717) is 5.92 Å². The number of amides is 1. The second kappa shape index (κ2) is 6.76. The van der Waals surface area contributed by atoms with Gasteiger partial charge >= 0.3 is 0 Å². The molecule has 7 heteroatoms. The number of carbonyl (C=O) groups is 1. The van der Waals surface area contributed by atoms with E-state index >= 15 is 0 Å². The zero-order valence-corrected chi connectivity index (χ0v) is 17.3. The van der Waals surface area contributed by atoms with Gasteiger partial charge in [-0.15, -0.1) is 11.3 Å². The van der Waals surface area contributed by atoms with Crippen LogP contribution >= 0.6 is 11.3 Å². The molecule has 3 rings (SSSR count). The highest BCUT2D eigenvalue weighted by atomic mass is 32.1. The molecule has 142 valence electrons. The van der Waals surface area contributed by atoms with Gasteiger partial charge < -0.3 is 4.84 Å². The number of hydrogen-bond donors (Lipinski definition) is 1. The molecule has 0 spiro atoms. The fourth-order valence-electron chi connectivity index (χ4n) is 4.36. The number of rotatable bonds is 5. The van der Waals surface area contributed by atoms with Gasteiger partial charge in [0.05, 0.1) is 21.3 Å². The average molecular weight is 377 g/mol. The topological polar surface area (TPSA) is 75.9 Å². The van der Waals surface area contributed by atoms with Crippen molar-refractivity contribution in [1.29, 1.82) is 0 Å². The first kappa shape index (κ1) is 19.0. The minimum absolute atomic E-state index is 0.0854. The summed E-state index contributed by atoms with van der Waals surface area (Å²) in [6.07, 6.45) is 3.38. The normalized spacial score (nSPS) is 28.6. The van der Waals surface area contributed by atoms with Crippen molar-refractivity contribution in [2.24, 2.45) is 27.0 Å². The Hall–Kier alpha value is -1.76. The molecule has 0 aromatic carbocycles. The maximum atomic E-state index is 12.0. The first-order chi connectivity index (χ1) is 12.1. The van der Waals surface area contributed by atoms with E-state index < -0.39 is 0 Å². The molecule has 2 fully saturated rings. The van der Waals surface area contributed by atoms with Crippen LogP contribution in [-0.4, -0.2) is 28.9 Å². The molecule has 2 atom stereocenters. The minimum atomic E-state index is -0.282. The van der Waals surface area contributed by atoms with Crippen molar-refractivity contribution in [3.63, 3.8) is 0 Å². The Morgan fingerprint density at radius 1 is 1.38 bits per heavy atom. The van der Waals surface area contributed by atoms with Gasteiger partial charge in [0, 0.05) is 11.1 Å². The van der Waals surface area contributed by atoms with Gasteiger partial charge in [-0.25, -0.2) is 10.4 Å². The van der Waals surface area contributed by atoms with Gasteiger partial charge in [0.1, 0.15) is 0 Å². The first-order valence-corrected chi connectivity index (χ1v) is 9.93. The van der Waals surface area contributed by atoms with E-state index in [1.807, 2.05) is 20.8 Å². The van der Waals surface area contributed by atoms with Gasteiger partial charge in [-0.05, 0) is 51.4 Å². The number of oxime groups is 1. The summed E-state index contributed by atoms with van der Waals surface area (Å²) in [6, 6.07) is 0. The molecule has 2 saturated carbocycles. The van der Waals surface area contributed by atoms with E-state index in [9.17, 15) is 4.79 Å². The van der Waals surface area contributed by atoms with Crippen molar-refractivity contribution >= 4 is 28.7 Å². The SMILES string of the molecule is C/C(=N\OCC(=O)N/N=C1/CC2CCC1(C)C2(C)C)c1sc(C)nc1C. The Morgan fingerprint density at radius 2 is 2.12 bits per heavy atom. The summed E-state index contributed by atoms with van der Waals surface area (Å²) in [5.74, 6) is 0.383. The summed E-state index contributed by atoms with van der Waals surface area (Å²) in [7, 11) is 0. The van der Waals surface area contributed by atoms with Crippen LogP contribution in [0.3, 0.4) is 0 Å². The molecule has 26 heavy (non-hydrogen) atoms. The number of nitrogens with one attached hydrogen (secondary N) is 1. The standard InChI is InChI=1S/C19H28N4O2S/c1-11-17(26-13(3)20-11)12(2)23-25-10-16(24)22-21-15-9-14-7-8-19(15,6)18(14,4)5/h14H,7-10H2,1-6H3,(H,22,24)/b21-15-,23-12+. The number of aryl methyl sites for hydroxylation is 2. The van der Waals surface area contributed by atoms with Crippen molar-refractivity contribution in [2.45, 2.75) is 60.8 Å². The van der Waals surface area contributed by atoms with Crippen LogP contribution in [-0.2, 0) is 9.63 Å². The van der Waals surface area contributed by atoms with Gasteiger partial charge in [-0.3, -0.25) is 4.79 Å². The van der Waals surface area contributed by atoms with Crippen molar-refractivity contribution < 1.29 is 9.63 Å². The molecule has 1 aromatic rings. The van der Waals surface area contributed by atoms with E-state index in [2.05, 4.69) is 41.4 Å². The van der Waals surface area contributed by atoms with E-state index in [1.165, 1.54) is 6.42 Å². The van der Waals surface area contributed by atoms with Crippen molar-refractivity contribution in [2.75, 3.05) is 6.61 Å². The molecule has 0 aliphatic heterocycles. The number of carbonyl (C=O) groups excluding carboxylic acids is 1. The Bertz CT molecular complexity index is 781. The molecule has 2 aliphatic rings. The molecule has 2 unspecified atom stereocenters. The highest BCUT2D eigenvalue weighted by Gasteiger charge is 2.59. The molecular formula is C19H28N4O2S. The molecule has 2 aliphatic carbocycles. The molecule has 2 bridgehead atoms. The summed E-state index contributed by atoms with van der Waals surface area (Å²) in [5, 5.41) is 9.46. The summed E-state index contributed by atoms with van der Waals surface area (Å²) in [5.41, 5.74) is 5.76. The first-order valence-electron chi connectivity index (χ1n) is 9.12. The van der Waals surface area contributed by atoms with E-state index in [4.69, 9.17) is 4.84 Å². The van der Waals surface area contributed by atoms with Gasteiger partial charge in [-0.1, -0.05) is 25.9 Å². The van der Waals surface area contributed by atoms with E-state index in [1.54, 1.807) is 11.3 Å². The van der Waals surface area contributed by atoms with Crippen molar-refractivity contribution in [3.05, 3.63) is 15.6 Å². The van der Waals surface area contributed by atoms with Crippen LogP contribution in [0.25, 0.3) is 0 Å². The third-order valence-electron chi connectivity index (χ3n) is 6.46. The molecule has 1 amide bonds. The highest BCUT2D eigenvalue weighted by Crippen LogP contribution is 2.63. The summed E-state index contributed by atoms with van der Waals surface area (Å²) >= 11 is 1.57. The lowest BCUT2D eigenvalue weighted by Gasteiger charge is -2.34. The third-order valence-corrected chi connectivity index (χ3v) is 7.64. The van der Waals surface area contributed by atoms with Crippen LogP contribution in [0.15, 0.2) is 10.3 Å². The van der Waals surface area contributed by atoms with Crippen LogP contribution in [0, 0.1) is 30.6 Å². The monoisotopic (exact) mass is 376 g/mol.